The third-order valence-corrected chi connectivity index (χ3v) is 6.73. The second-order valence-corrected chi connectivity index (χ2v) is 9.12. The van der Waals surface area contributed by atoms with E-state index in [9.17, 15) is 9.59 Å². The predicted molar refractivity (Wildman–Crippen MR) is 145 cm³/mol. The number of benzene rings is 2. The minimum absolute atomic E-state index is 0.123. The molecule has 2 aromatic heterocycles. The normalized spacial score (nSPS) is 14.7. The lowest BCUT2D eigenvalue weighted by atomic mass is 10.00. The molecule has 3 heterocycles. The smallest absolute Gasteiger partial charge is 0.249 e. The number of fused-ring (bicyclic) bond motifs is 1. The first-order chi connectivity index (χ1) is 17.5. The van der Waals surface area contributed by atoms with Crippen LogP contribution in [0.25, 0.3) is 22.7 Å². The van der Waals surface area contributed by atoms with Crippen LogP contribution in [0, 0.1) is 0 Å². The van der Waals surface area contributed by atoms with E-state index in [1.165, 1.54) is 18.5 Å². The molecule has 1 fully saturated rings. The molecule has 7 nitrogen and oxygen atoms in total. The summed E-state index contributed by atoms with van der Waals surface area (Å²) >= 11 is 0. The summed E-state index contributed by atoms with van der Waals surface area (Å²) in [7, 11) is 0. The molecule has 1 saturated heterocycles. The van der Waals surface area contributed by atoms with Crippen LogP contribution in [0.3, 0.4) is 0 Å². The van der Waals surface area contributed by atoms with Crippen LogP contribution >= 0.6 is 0 Å². The van der Waals surface area contributed by atoms with Crippen molar-refractivity contribution in [1.29, 1.82) is 0 Å². The van der Waals surface area contributed by atoms with E-state index >= 15 is 0 Å². The van der Waals surface area contributed by atoms with Crippen molar-refractivity contribution < 1.29 is 9.59 Å². The number of nitrogens with zero attached hydrogens (tertiary/aromatic N) is 2. The molecule has 182 valence electrons. The molecule has 0 aliphatic carbocycles. The fourth-order valence-electron chi connectivity index (χ4n) is 4.62. The van der Waals surface area contributed by atoms with Gasteiger partial charge in [0.05, 0.1) is 5.92 Å². The number of primary amides is 1. The van der Waals surface area contributed by atoms with Gasteiger partial charge in [0.25, 0.3) is 0 Å². The monoisotopic (exact) mass is 479 g/mol. The molecule has 1 aliphatic heterocycles. The molecule has 5 rings (SSSR count). The molecule has 1 unspecified atom stereocenters. The second kappa shape index (κ2) is 10.1. The zero-order valence-electron chi connectivity index (χ0n) is 20.2. The Balaban J connectivity index is 1.32. The van der Waals surface area contributed by atoms with Crippen molar-refractivity contribution in [2.45, 2.75) is 25.7 Å². The highest BCUT2D eigenvalue weighted by atomic mass is 16.2. The number of hydrogen-bond donors (Lipinski definition) is 3. The molecule has 0 radical (unpaired) electrons. The summed E-state index contributed by atoms with van der Waals surface area (Å²) in [6, 6.07) is 21.2. The van der Waals surface area contributed by atoms with Gasteiger partial charge in [0, 0.05) is 41.5 Å². The number of aromatic nitrogens is 2. The van der Waals surface area contributed by atoms with Gasteiger partial charge in [-0.05, 0) is 61.2 Å². The van der Waals surface area contributed by atoms with Gasteiger partial charge in [-0.1, -0.05) is 42.5 Å². The van der Waals surface area contributed by atoms with Gasteiger partial charge in [0.1, 0.15) is 11.5 Å². The number of nitrogens with one attached hydrogen (secondary N) is 2. The van der Waals surface area contributed by atoms with Crippen molar-refractivity contribution in [3.05, 3.63) is 89.6 Å². The van der Waals surface area contributed by atoms with Gasteiger partial charge in [-0.2, -0.15) is 0 Å². The fraction of sp³-hybridized carbons (Fsp3) is 0.207. The van der Waals surface area contributed by atoms with Gasteiger partial charge in [-0.25, -0.2) is 4.98 Å². The first-order valence-electron chi connectivity index (χ1n) is 12.2. The molecule has 0 bridgehead atoms. The van der Waals surface area contributed by atoms with Crippen molar-refractivity contribution in [1.82, 2.24) is 9.97 Å². The lowest BCUT2D eigenvalue weighted by Crippen LogP contribution is -2.20. The summed E-state index contributed by atoms with van der Waals surface area (Å²) in [5.74, 6) is -0.484. The minimum atomic E-state index is -0.505. The predicted octanol–water partition coefficient (Wildman–Crippen LogP) is 4.93. The largest absolute Gasteiger partial charge is 0.372 e. The maximum atomic E-state index is 12.9. The topological polar surface area (TPSA) is 104 Å². The standard InChI is InChI=1S/C29H29N5O2/c1-19(20-9-11-23(12-10-20)34-15-5-6-16-34)29(36)33-26-14-13-24-22(18-31-28(24)32-26)17-25(27(30)35)21-7-3-2-4-8-21/h2-4,7-14,17-19H,5-6,15-16H2,1H3,(H2,30,35)(H2,31,32,33,36)/b25-17-. The number of carbonyl (C=O) groups is 2. The Hall–Kier alpha value is -4.39. The summed E-state index contributed by atoms with van der Waals surface area (Å²) in [6.45, 7) is 4.08. The third-order valence-electron chi connectivity index (χ3n) is 6.73. The Morgan fingerprint density at radius 1 is 1.03 bits per heavy atom. The fourth-order valence-corrected chi connectivity index (χ4v) is 4.62. The van der Waals surface area contributed by atoms with Crippen molar-refractivity contribution >= 4 is 46.0 Å². The van der Waals surface area contributed by atoms with Gasteiger partial charge in [-0.3, -0.25) is 9.59 Å². The molecular formula is C29H29N5O2. The van der Waals surface area contributed by atoms with E-state index in [0.717, 1.165) is 35.2 Å². The summed E-state index contributed by atoms with van der Waals surface area (Å²) in [4.78, 5) is 35.1. The van der Waals surface area contributed by atoms with Gasteiger partial charge in [0.2, 0.25) is 11.8 Å². The molecular weight excluding hydrogens is 450 g/mol. The summed E-state index contributed by atoms with van der Waals surface area (Å²) in [6.07, 6.45) is 6.00. The number of pyridine rings is 1. The Morgan fingerprint density at radius 3 is 2.44 bits per heavy atom. The minimum Gasteiger partial charge on any atom is -0.372 e. The van der Waals surface area contributed by atoms with Crippen LogP contribution in [0.4, 0.5) is 11.5 Å². The van der Waals surface area contributed by atoms with Crippen LogP contribution in [-0.4, -0.2) is 34.9 Å². The van der Waals surface area contributed by atoms with E-state index in [-0.39, 0.29) is 11.8 Å². The van der Waals surface area contributed by atoms with Crippen molar-refractivity contribution in [3.63, 3.8) is 0 Å². The van der Waals surface area contributed by atoms with Gasteiger partial charge < -0.3 is 20.9 Å². The Labute approximate surface area is 210 Å². The third kappa shape index (κ3) is 4.86. The highest BCUT2D eigenvalue weighted by Crippen LogP contribution is 2.26. The quantitative estimate of drug-likeness (QED) is 0.327. The number of hydrogen-bond acceptors (Lipinski definition) is 4. The molecule has 0 saturated carbocycles. The van der Waals surface area contributed by atoms with Gasteiger partial charge in [-0.15, -0.1) is 0 Å². The van der Waals surface area contributed by atoms with E-state index in [1.807, 2.05) is 55.5 Å². The Bertz CT molecular complexity index is 1420. The molecule has 4 N–H and O–H groups in total. The number of amides is 2. The van der Waals surface area contributed by atoms with Crippen LogP contribution in [0.1, 0.15) is 42.4 Å². The van der Waals surface area contributed by atoms with Crippen LogP contribution in [0.15, 0.2) is 72.9 Å². The lowest BCUT2D eigenvalue weighted by Gasteiger charge is -2.19. The molecule has 4 aromatic rings. The van der Waals surface area contributed by atoms with E-state index in [1.54, 1.807) is 18.3 Å². The van der Waals surface area contributed by atoms with Gasteiger partial charge in [0.15, 0.2) is 0 Å². The number of rotatable bonds is 7. The molecule has 0 spiro atoms. The van der Waals surface area contributed by atoms with Crippen LogP contribution in [0.5, 0.6) is 0 Å². The van der Waals surface area contributed by atoms with Crippen molar-refractivity contribution in [2.75, 3.05) is 23.3 Å². The SMILES string of the molecule is CC(C(=O)Nc1ccc2c(/C=C(\C(N)=O)c3ccccc3)c[nH]c2n1)c1ccc(N2CCCC2)cc1. The summed E-state index contributed by atoms with van der Waals surface area (Å²) in [5, 5.41) is 3.75. The van der Waals surface area contributed by atoms with Crippen LogP contribution < -0.4 is 16.0 Å². The first-order valence-corrected chi connectivity index (χ1v) is 12.2. The molecule has 1 aliphatic rings. The first kappa shape index (κ1) is 23.4. The number of H-pyrrole nitrogens is 1. The second-order valence-electron chi connectivity index (χ2n) is 9.12. The van der Waals surface area contributed by atoms with Crippen molar-refractivity contribution in [2.24, 2.45) is 5.73 Å². The number of carbonyl (C=O) groups excluding carboxylic acids is 2. The van der Waals surface area contributed by atoms with E-state index in [4.69, 9.17) is 5.73 Å². The Kier molecular flexibility index (Phi) is 6.54. The average molecular weight is 480 g/mol. The van der Waals surface area contributed by atoms with Crippen molar-refractivity contribution in [3.8, 4) is 0 Å². The zero-order chi connectivity index (χ0) is 25.1. The number of anilines is 2. The van der Waals surface area contributed by atoms with Gasteiger partial charge >= 0.3 is 0 Å². The number of nitrogens with two attached hydrogens (primary N) is 1. The maximum absolute atomic E-state index is 12.9. The van der Waals surface area contributed by atoms with E-state index in [2.05, 4.69) is 32.3 Å². The molecule has 7 heteroatoms. The van der Waals surface area contributed by atoms with Crippen LogP contribution in [-0.2, 0) is 9.59 Å². The Morgan fingerprint density at radius 2 is 1.75 bits per heavy atom. The molecule has 2 amide bonds. The number of aromatic amines is 1. The maximum Gasteiger partial charge on any atom is 0.249 e. The van der Waals surface area contributed by atoms with E-state index in [0.29, 0.717) is 17.0 Å². The van der Waals surface area contributed by atoms with E-state index < -0.39 is 5.91 Å². The highest BCUT2D eigenvalue weighted by molar-refractivity contribution is 6.24. The average Bonchev–Trinajstić information content (AvgIpc) is 3.57. The summed E-state index contributed by atoms with van der Waals surface area (Å²) < 4.78 is 0. The van der Waals surface area contributed by atoms with Crippen LogP contribution in [0.2, 0.25) is 0 Å². The molecule has 1 atom stereocenters. The highest BCUT2D eigenvalue weighted by Gasteiger charge is 2.18. The molecule has 2 aromatic carbocycles. The zero-order valence-corrected chi connectivity index (χ0v) is 20.2. The molecule has 36 heavy (non-hydrogen) atoms. The lowest BCUT2D eigenvalue weighted by molar-refractivity contribution is -0.117. The summed E-state index contributed by atoms with van der Waals surface area (Å²) in [5.41, 5.74) is 10.4.